The van der Waals surface area contributed by atoms with E-state index >= 15 is 0 Å². The van der Waals surface area contributed by atoms with E-state index in [0.29, 0.717) is 5.13 Å². The molecule has 0 radical (unpaired) electrons. The molecule has 1 heterocycles. The summed E-state index contributed by atoms with van der Waals surface area (Å²) >= 11 is 1.26. The Balaban J connectivity index is 2.05. The van der Waals surface area contributed by atoms with Gasteiger partial charge in [0.2, 0.25) is 11.0 Å². The average molecular weight is 309 g/mol. The number of carbonyl (C=O) groups is 1. The van der Waals surface area contributed by atoms with E-state index in [2.05, 4.69) is 15.5 Å². The van der Waals surface area contributed by atoms with Gasteiger partial charge in [-0.05, 0) is 18.2 Å². The van der Waals surface area contributed by atoms with Gasteiger partial charge in [0.05, 0.1) is 0 Å². The highest BCUT2D eigenvalue weighted by atomic mass is 32.1. The van der Waals surface area contributed by atoms with Gasteiger partial charge in [0.1, 0.15) is 16.6 Å². The Morgan fingerprint density at radius 1 is 1.29 bits per heavy atom. The van der Waals surface area contributed by atoms with Crippen molar-refractivity contribution in [3.05, 3.63) is 46.5 Å². The van der Waals surface area contributed by atoms with Crippen molar-refractivity contribution in [1.29, 1.82) is 0 Å². The number of anilines is 1. The number of carbonyl (C=O) groups excluding carboxylic acids is 1. The molecule has 1 N–H and O–H groups in total. The standard InChI is InChI=1S/C14H13F2N3OS/c1-8(2)13-18-19-14(21-13)17-12(20)7-6-9-10(15)4-3-5-11(9)16/h3-8H,1-2H3,(H,17,19,20)/b7-6+. The van der Waals surface area contributed by atoms with Crippen LogP contribution in [0.15, 0.2) is 24.3 Å². The molecule has 0 unspecified atom stereocenters. The lowest BCUT2D eigenvalue weighted by Crippen LogP contribution is -2.07. The molecule has 0 fully saturated rings. The van der Waals surface area contributed by atoms with Crippen LogP contribution >= 0.6 is 11.3 Å². The van der Waals surface area contributed by atoms with E-state index in [-0.39, 0.29) is 11.5 Å². The molecule has 0 bridgehead atoms. The van der Waals surface area contributed by atoms with Crippen LogP contribution in [-0.4, -0.2) is 16.1 Å². The fraction of sp³-hybridized carbons (Fsp3) is 0.214. The SMILES string of the molecule is CC(C)c1nnc(NC(=O)/C=C/c2c(F)cccc2F)s1. The van der Waals surface area contributed by atoms with E-state index in [1.807, 2.05) is 13.8 Å². The number of hydrogen-bond acceptors (Lipinski definition) is 4. The van der Waals surface area contributed by atoms with Crippen molar-refractivity contribution in [1.82, 2.24) is 10.2 Å². The highest BCUT2D eigenvalue weighted by Gasteiger charge is 2.09. The monoisotopic (exact) mass is 309 g/mol. The summed E-state index contributed by atoms with van der Waals surface area (Å²) in [5, 5.41) is 11.4. The van der Waals surface area contributed by atoms with E-state index < -0.39 is 17.5 Å². The molecule has 0 aliphatic heterocycles. The van der Waals surface area contributed by atoms with Gasteiger partial charge >= 0.3 is 0 Å². The van der Waals surface area contributed by atoms with Crippen LogP contribution < -0.4 is 5.32 Å². The van der Waals surface area contributed by atoms with Gasteiger partial charge in [-0.1, -0.05) is 31.3 Å². The number of nitrogens with one attached hydrogen (secondary N) is 1. The number of nitrogens with zero attached hydrogens (tertiary/aromatic N) is 2. The Kier molecular flexibility index (Phi) is 4.74. The molecule has 0 saturated carbocycles. The quantitative estimate of drug-likeness (QED) is 0.878. The third-order valence-electron chi connectivity index (χ3n) is 2.57. The maximum absolute atomic E-state index is 13.4. The predicted octanol–water partition coefficient (Wildman–Crippen LogP) is 3.59. The van der Waals surface area contributed by atoms with Crippen LogP contribution in [0.5, 0.6) is 0 Å². The summed E-state index contributed by atoms with van der Waals surface area (Å²) in [7, 11) is 0. The molecule has 0 spiro atoms. The minimum Gasteiger partial charge on any atom is -0.297 e. The van der Waals surface area contributed by atoms with Crippen LogP contribution in [0.25, 0.3) is 6.08 Å². The molecule has 110 valence electrons. The first-order chi connectivity index (χ1) is 9.97. The molecule has 0 atom stereocenters. The van der Waals surface area contributed by atoms with Gasteiger partial charge in [0.15, 0.2) is 0 Å². The normalized spacial score (nSPS) is 11.3. The maximum Gasteiger partial charge on any atom is 0.250 e. The molecule has 0 saturated heterocycles. The Bertz CT molecular complexity index is 662. The molecule has 4 nitrogen and oxygen atoms in total. The van der Waals surface area contributed by atoms with Gasteiger partial charge in [0.25, 0.3) is 0 Å². The van der Waals surface area contributed by atoms with E-state index in [1.54, 1.807) is 0 Å². The molecule has 2 rings (SSSR count). The minimum absolute atomic E-state index is 0.219. The molecule has 0 aliphatic rings. The van der Waals surface area contributed by atoms with Crippen LogP contribution in [0, 0.1) is 11.6 Å². The summed E-state index contributed by atoms with van der Waals surface area (Å²) in [6.07, 6.45) is 2.14. The summed E-state index contributed by atoms with van der Waals surface area (Å²) in [6, 6.07) is 3.51. The summed E-state index contributed by atoms with van der Waals surface area (Å²) in [6.45, 7) is 3.93. The van der Waals surface area contributed by atoms with Crippen molar-refractivity contribution < 1.29 is 13.6 Å². The molecule has 1 aromatic carbocycles. The zero-order valence-electron chi connectivity index (χ0n) is 11.4. The molecule has 21 heavy (non-hydrogen) atoms. The van der Waals surface area contributed by atoms with Crippen LogP contribution in [0.3, 0.4) is 0 Å². The van der Waals surface area contributed by atoms with Crippen LogP contribution in [0.4, 0.5) is 13.9 Å². The van der Waals surface area contributed by atoms with E-state index in [9.17, 15) is 13.6 Å². The van der Waals surface area contributed by atoms with Crippen molar-refractivity contribution in [2.45, 2.75) is 19.8 Å². The van der Waals surface area contributed by atoms with Crippen molar-refractivity contribution >= 4 is 28.5 Å². The largest absolute Gasteiger partial charge is 0.297 e. The van der Waals surface area contributed by atoms with E-state index in [4.69, 9.17) is 0 Å². The number of benzene rings is 1. The molecule has 7 heteroatoms. The van der Waals surface area contributed by atoms with Crippen LogP contribution in [-0.2, 0) is 4.79 Å². The lowest BCUT2D eigenvalue weighted by Gasteiger charge is -1.99. The van der Waals surface area contributed by atoms with Gasteiger partial charge < -0.3 is 0 Å². The van der Waals surface area contributed by atoms with Crippen molar-refractivity contribution in [3.63, 3.8) is 0 Å². The number of hydrogen-bond donors (Lipinski definition) is 1. The van der Waals surface area contributed by atoms with Gasteiger partial charge in [0, 0.05) is 17.6 Å². The Hall–Kier alpha value is -2.15. The highest BCUT2D eigenvalue weighted by molar-refractivity contribution is 7.15. The third kappa shape index (κ3) is 3.91. The first kappa shape index (κ1) is 15.2. The summed E-state index contributed by atoms with van der Waals surface area (Å²) < 4.78 is 26.8. The molecule has 1 amide bonds. The Morgan fingerprint density at radius 3 is 2.52 bits per heavy atom. The first-order valence-electron chi connectivity index (χ1n) is 6.24. The number of amides is 1. The summed E-state index contributed by atoms with van der Waals surface area (Å²) in [5.41, 5.74) is -0.257. The van der Waals surface area contributed by atoms with E-state index in [1.165, 1.54) is 17.4 Å². The Labute approximate surface area is 124 Å². The molecular formula is C14H13F2N3OS. The topological polar surface area (TPSA) is 54.9 Å². The van der Waals surface area contributed by atoms with Gasteiger partial charge in [-0.25, -0.2) is 8.78 Å². The average Bonchev–Trinajstić information content (AvgIpc) is 2.87. The number of halogens is 2. The van der Waals surface area contributed by atoms with Gasteiger partial charge in [-0.15, -0.1) is 10.2 Å². The molecule has 0 aliphatic carbocycles. The second-order valence-electron chi connectivity index (χ2n) is 4.56. The summed E-state index contributed by atoms with van der Waals surface area (Å²) in [4.78, 5) is 11.7. The van der Waals surface area contributed by atoms with E-state index in [0.717, 1.165) is 29.3 Å². The van der Waals surface area contributed by atoms with Crippen molar-refractivity contribution in [2.24, 2.45) is 0 Å². The fourth-order valence-electron chi connectivity index (χ4n) is 1.49. The smallest absolute Gasteiger partial charge is 0.250 e. The molecule has 1 aromatic heterocycles. The fourth-order valence-corrected chi connectivity index (χ4v) is 2.24. The van der Waals surface area contributed by atoms with Crippen molar-refractivity contribution in [3.8, 4) is 0 Å². The summed E-state index contributed by atoms with van der Waals surface area (Å²) in [5.74, 6) is -1.76. The lowest BCUT2D eigenvalue weighted by atomic mass is 10.2. The van der Waals surface area contributed by atoms with Gasteiger partial charge in [-0.3, -0.25) is 10.1 Å². The van der Waals surface area contributed by atoms with Crippen molar-refractivity contribution in [2.75, 3.05) is 5.32 Å². The number of aromatic nitrogens is 2. The second kappa shape index (κ2) is 6.53. The minimum atomic E-state index is -0.725. The third-order valence-corrected chi connectivity index (χ3v) is 3.70. The molecule has 2 aromatic rings. The second-order valence-corrected chi connectivity index (χ2v) is 5.57. The van der Waals surface area contributed by atoms with Gasteiger partial charge in [-0.2, -0.15) is 0 Å². The van der Waals surface area contributed by atoms with Crippen LogP contribution in [0.1, 0.15) is 30.3 Å². The number of rotatable bonds is 4. The predicted molar refractivity (Wildman–Crippen MR) is 78.0 cm³/mol. The lowest BCUT2D eigenvalue weighted by molar-refractivity contribution is -0.111. The maximum atomic E-state index is 13.4. The zero-order valence-corrected chi connectivity index (χ0v) is 12.2. The van der Waals surface area contributed by atoms with Crippen LogP contribution in [0.2, 0.25) is 0 Å². The first-order valence-corrected chi connectivity index (χ1v) is 7.05. The Morgan fingerprint density at radius 2 is 1.95 bits per heavy atom. The highest BCUT2D eigenvalue weighted by Crippen LogP contribution is 2.22. The molecular weight excluding hydrogens is 296 g/mol. The zero-order chi connectivity index (χ0) is 15.4.